The zero-order chi connectivity index (χ0) is 15.5. The molecule has 1 atom stereocenters. The summed E-state index contributed by atoms with van der Waals surface area (Å²) < 4.78 is 0. The van der Waals surface area contributed by atoms with Gasteiger partial charge in [-0.3, -0.25) is 4.79 Å². The fourth-order valence-electron chi connectivity index (χ4n) is 3.61. The molecule has 2 aliphatic carbocycles. The van der Waals surface area contributed by atoms with Crippen molar-refractivity contribution in [3.05, 3.63) is 58.8 Å². The van der Waals surface area contributed by atoms with Crippen LogP contribution in [-0.4, -0.2) is 31.4 Å². The van der Waals surface area contributed by atoms with Crippen LogP contribution in [0.25, 0.3) is 0 Å². The zero-order valence-electron chi connectivity index (χ0n) is 13.9. The predicted octanol–water partition coefficient (Wildman–Crippen LogP) is 3.48. The van der Waals surface area contributed by atoms with E-state index in [1.165, 1.54) is 30.4 Å². The number of rotatable bonds is 4. The molecular formula is C19H26N2OS. The van der Waals surface area contributed by atoms with Crippen molar-refractivity contribution in [2.45, 2.75) is 25.7 Å². The molecule has 3 nitrogen and oxygen atoms in total. The number of carbonyl (C=O) groups excluding carboxylic acids is 1. The number of hydrogen-bond acceptors (Lipinski definition) is 2. The van der Waals surface area contributed by atoms with E-state index in [9.17, 15) is 4.79 Å². The van der Waals surface area contributed by atoms with Crippen LogP contribution in [0.4, 0.5) is 0 Å². The fourth-order valence-corrected chi connectivity index (χ4v) is 3.61. The van der Waals surface area contributed by atoms with Gasteiger partial charge in [-0.1, -0.05) is 29.8 Å². The molecular weight excluding hydrogens is 304 g/mol. The third kappa shape index (κ3) is 4.06. The number of allylic oxidation sites excluding steroid dienone is 3. The Bertz CT molecular complexity index is 620. The minimum Gasteiger partial charge on any atom is -0.322 e. The van der Waals surface area contributed by atoms with Crippen LogP contribution in [0.2, 0.25) is 0 Å². The number of benzene rings is 1. The van der Waals surface area contributed by atoms with Gasteiger partial charge < -0.3 is 10.2 Å². The molecule has 2 aliphatic rings. The van der Waals surface area contributed by atoms with Gasteiger partial charge in [-0.15, -0.1) is 0 Å². The normalized spacial score (nSPS) is 20.0. The molecule has 1 aromatic carbocycles. The second-order valence-electron chi connectivity index (χ2n) is 6.51. The smallest absolute Gasteiger partial charge is 0.255 e. The molecule has 3 rings (SSSR count). The van der Waals surface area contributed by atoms with Crippen molar-refractivity contribution in [1.82, 2.24) is 10.2 Å². The quantitative estimate of drug-likeness (QED) is 0.917. The first kappa shape index (κ1) is 17.8. The Labute approximate surface area is 145 Å². The summed E-state index contributed by atoms with van der Waals surface area (Å²) in [5, 5.41) is 3.14. The Balaban J connectivity index is 0.00000192. The van der Waals surface area contributed by atoms with Gasteiger partial charge in [-0.2, -0.15) is 13.5 Å². The Morgan fingerprint density at radius 2 is 2.00 bits per heavy atom. The maximum atomic E-state index is 12.4. The molecule has 0 spiro atoms. The van der Waals surface area contributed by atoms with Gasteiger partial charge in [-0.25, -0.2) is 0 Å². The van der Waals surface area contributed by atoms with Gasteiger partial charge in [-0.05, 0) is 63.4 Å². The van der Waals surface area contributed by atoms with Gasteiger partial charge >= 0.3 is 0 Å². The van der Waals surface area contributed by atoms with Crippen LogP contribution in [0.3, 0.4) is 0 Å². The molecule has 0 saturated heterocycles. The molecule has 1 N–H and O–H groups in total. The standard InChI is InChI=1S/C19H24N2O.H2S/c1-21(2)13-16-10-6-9-14-11-12-17(18(14)16)20-19(22)15-7-4-3-5-8-15;/h3-5,7-8,12,16H,6,9-11,13H2,1-2H3,(H,20,22);1H2. The number of amides is 1. The average Bonchev–Trinajstić information content (AvgIpc) is 2.92. The summed E-state index contributed by atoms with van der Waals surface area (Å²) in [7, 11) is 4.24. The SMILES string of the molecule is CN(C)CC1CCCC2=C1C(NC(=O)c1ccccc1)=CC2.S. The minimum absolute atomic E-state index is 0. The first-order valence-electron chi connectivity index (χ1n) is 8.08. The van der Waals surface area contributed by atoms with Gasteiger partial charge in [0.2, 0.25) is 0 Å². The fraction of sp³-hybridized carbons (Fsp3) is 0.421. The molecule has 4 heteroatoms. The molecule has 124 valence electrons. The lowest BCUT2D eigenvalue weighted by molar-refractivity contribution is 0.0966. The zero-order valence-corrected chi connectivity index (χ0v) is 14.9. The van der Waals surface area contributed by atoms with E-state index in [0.717, 1.165) is 24.2 Å². The average molecular weight is 330 g/mol. The number of nitrogens with zero attached hydrogens (tertiary/aromatic N) is 1. The second-order valence-corrected chi connectivity index (χ2v) is 6.51. The largest absolute Gasteiger partial charge is 0.322 e. The van der Waals surface area contributed by atoms with Crippen molar-refractivity contribution >= 4 is 19.4 Å². The van der Waals surface area contributed by atoms with Crippen LogP contribution in [0, 0.1) is 5.92 Å². The predicted molar refractivity (Wildman–Crippen MR) is 99.9 cm³/mol. The highest BCUT2D eigenvalue weighted by Crippen LogP contribution is 2.40. The molecule has 0 bridgehead atoms. The summed E-state index contributed by atoms with van der Waals surface area (Å²) in [6.45, 7) is 1.05. The minimum atomic E-state index is -0.00484. The summed E-state index contributed by atoms with van der Waals surface area (Å²) in [6.07, 6.45) is 6.87. The van der Waals surface area contributed by atoms with Gasteiger partial charge in [0.15, 0.2) is 0 Å². The summed E-state index contributed by atoms with van der Waals surface area (Å²) in [4.78, 5) is 14.7. The summed E-state index contributed by atoms with van der Waals surface area (Å²) in [6, 6.07) is 9.45. The molecule has 0 radical (unpaired) electrons. The van der Waals surface area contributed by atoms with Crippen LogP contribution in [0.15, 0.2) is 53.3 Å². The van der Waals surface area contributed by atoms with E-state index in [-0.39, 0.29) is 19.4 Å². The van der Waals surface area contributed by atoms with E-state index in [1.54, 1.807) is 0 Å². The van der Waals surface area contributed by atoms with Crippen molar-refractivity contribution in [3.63, 3.8) is 0 Å². The van der Waals surface area contributed by atoms with E-state index in [2.05, 4.69) is 30.4 Å². The van der Waals surface area contributed by atoms with Crippen molar-refractivity contribution in [2.24, 2.45) is 5.92 Å². The third-order valence-electron chi connectivity index (χ3n) is 4.53. The van der Waals surface area contributed by atoms with Crippen molar-refractivity contribution in [2.75, 3.05) is 20.6 Å². The van der Waals surface area contributed by atoms with Crippen molar-refractivity contribution in [1.29, 1.82) is 0 Å². The number of carbonyl (C=O) groups is 1. The van der Waals surface area contributed by atoms with Gasteiger partial charge in [0, 0.05) is 17.8 Å². The third-order valence-corrected chi connectivity index (χ3v) is 4.53. The highest BCUT2D eigenvalue weighted by molar-refractivity contribution is 7.59. The Kier molecular flexibility index (Phi) is 6.08. The monoisotopic (exact) mass is 330 g/mol. The maximum Gasteiger partial charge on any atom is 0.255 e. The van der Waals surface area contributed by atoms with Crippen LogP contribution in [0.1, 0.15) is 36.0 Å². The highest BCUT2D eigenvalue weighted by Gasteiger charge is 2.29. The number of nitrogens with one attached hydrogen (secondary N) is 1. The first-order valence-corrected chi connectivity index (χ1v) is 8.08. The maximum absolute atomic E-state index is 12.4. The molecule has 23 heavy (non-hydrogen) atoms. The number of hydrogen-bond donors (Lipinski definition) is 1. The van der Waals surface area contributed by atoms with Crippen LogP contribution >= 0.6 is 13.5 Å². The van der Waals surface area contributed by atoms with E-state index < -0.39 is 0 Å². The molecule has 1 amide bonds. The van der Waals surface area contributed by atoms with Crippen molar-refractivity contribution in [3.8, 4) is 0 Å². The molecule has 0 aromatic heterocycles. The van der Waals surface area contributed by atoms with E-state index in [4.69, 9.17) is 0 Å². The van der Waals surface area contributed by atoms with Gasteiger partial charge in [0.05, 0.1) is 0 Å². The lowest BCUT2D eigenvalue weighted by Crippen LogP contribution is -2.30. The Hall–Kier alpha value is -1.52. The van der Waals surface area contributed by atoms with Gasteiger partial charge in [0.25, 0.3) is 5.91 Å². The van der Waals surface area contributed by atoms with Crippen LogP contribution in [-0.2, 0) is 0 Å². The van der Waals surface area contributed by atoms with Crippen LogP contribution < -0.4 is 5.32 Å². The highest BCUT2D eigenvalue weighted by atomic mass is 32.1. The Morgan fingerprint density at radius 1 is 1.26 bits per heavy atom. The molecule has 1 aromatic rings. The topological polar surface area (TPSA) is 32.3 Å². The molecule has 0 saturated carbocycles. The Morgan fingerprint density at radius 3 is 2.70 bits per heavy atom. The lowest BCUT2D eigenvalue weighted by atomic mass is 9.83. The van der Waals surface area contributed by atoms with E-state index in [0.29, 0.717) is 5.92 Å². The van der Waals surface area contributed by atoms with Gasteiger partial charge in [0.1, 0.15) is 0 Å². The summed E-state index contributed by atoms with van der Waals surface area (Å²) in [5.41, 5.74) is 4.71. The molecule has 0 heterocycles. The van der Waals surface area contributed by atoms with Crippen LogP contribution in [0.5, 0.6) is 0 Å². The van der Waals surface area contributed by atoms with E-state index >= 15 is 0 Å². The summed E-state index contributed by atoms with van der Waals surface area (Å²) >= 11 is 0. The molecule has 0 fully saturated rings. The summed E-state index contributed by atoms with van der Waals surface area (Å²) in [5.74, 6) is 0.540. The molecule has 0 aliphatic heterocycles. The lowest BCUT2D eigenvalue weighted by Gasteiger charge is -2.29. The van der Waals surface area contributed by atoms with Crippen molar-refractivity contribution < 1.29 is 4.79 Å². The van der Waals surface area contributed by atoms with E-state index in [1.807, 2.05) is 30.3 Å². The second kappa shape index (κ2) is 7.84. The first-order chi connectivity index (χ1) is 10.6. The molecule has 1 unspecified atom stereocenters.